The van der Waals surface area contributed by atoms with Gasteiger partial charge in [-0.2, -0.15) is 0 Å². The minimum atomic E-state index is 0.792. The molecule has 0 amide bonds. The number of hydrogen-bond donors (Lipinski definition) is 1. The van der Waals surface area contributed by atoms with Crippen LogP contribution in [-0.2, 0) is 0 Å². The summed E-state index contributed by atoms with van der Waals surface area (Å²) < 4.78 is 5.01. The van der Waals surface area contributed by atoms with Gasteiger partial charge in [-0.05, 0) is 18.2 Å². The van der Waals surface area contributed by atoms with Crippen molar-refractivity contribution in [3.05, 3.63) is 36.8 Å². The fraction of sp³-hybridized carbons (Fsp3) is 0. The van der Waals surface area contributed by atoms with Crippen LogP contribution in [0.2, 0.25) is 0 Å². The maximum Gasteiger partial charge on any atom is 0.166 e. The normalized spacial score (nSPS) is 10.9. The van der Waals surface area contributed by atoms with Crippen molar-refractivity contribution >= 4 is 11.0 Å². The van der Waals surface area contributed by atoms with E-state index in [0.29, 0.717) is 0 Å². The first-order valence-corrected chi connectivity index (χ1v) is 4.28. The third-order valence-corrected chi connectivity index (χ3v) is 2.12. The van der Waals surface area contributed by atoms with Crippen LogP contribution in [0.4, 0.5) is 0 Å². The van der Waals surface area contributed by atoms with Crippen LogP contribution in [0.5, 0.6) is 0 Å². The number of imidazole rings is 1. The summed E-state index contributed by atoms with van der Waals surface area (Å²) in [5, 5.41) is 4.70. The van der Waals surface area contributed by atoms with Crippen LogP contribution in [-0.4, -0.2) is 15.1 Å². The Morgan fingerprint density at radius 2 is 2.29 bits per heavy atom. The van der Waals surface area contributed by atoms with E-state index in [4.69, 9.17) is 4.52 Å². The zero-order chi connectivity index (χ0) is 9.38. The van der Waals surface area contributed by atoms with E-state index in [0.717, 1.165) is 22.4 Å². The van der Waals surface area contributed by atoms with Gasteiger partial charge in [0.05, 0.1) is 6.20 Å². The van der Waals surface area contributed by atoms with Gasteiger partial charge in [-0.25, -0.2) is 4.98 Å². The van der Waals surface area contributed by atoms with E-state index in [1.807, 2.05) is 18.2 Å². The lowest BCUT2D eigenvalue weighted by Crippen LogP contribution is -1.78. The molecule has 0 saturated carbocycles. The minimum absolute atomic E-state index is 0.792. The van der Waals surface area contributed by atoms with Crippen molar-refractivity contribution in [3.63, 3.8) is 0 Å². The minimum Gasteiger partial charge on any atom is -0.356 e. The first kappa shape index (κ1) is 7.32. The molecule has 68 valence electrons. The molecule has 0 saturated heterocycles. The summed E-state index contributed by atoms with van der Waals surface area (Å²) in [7, 11) is 0. The molecule has 4 nitrogen and oxygen atoms in total. The standard InChI is InChI=1S/C10H7N3O/c1-2-9-8(6-13-14-9)5-7(1)10-11-3-4-12-10/h1-6H,(H,11,12). The number of nitrogens with zero attached hydrogens (tertiary/aromatic N) is 2. The number of nitrogens with one attached hydrogen (secondary N) is 1. The molecule has 0 aliphatic carbocycles. The van der Waals surface area contributed by atoms with Gasteiger partial charge in [0, 0.05) is 23.3 Å². The van der Waals surface area contributed by atoms with E-state index in [-0.39, 0.29) is 0 Å². The Balaban J connectivity index is 2.23. The van der Waals surface area contributed by atoms with Crippen LogP contribution in [0.15, 0.2) is 41.3 Å². The van der Waals surface area contributed by atoms with E-state index in [9.17, 15) is 0 Å². The van der Waals surface area contributed by atoms with Crippen LogP contribution in [0.1, 0.15) is 0 Å². The lowest BCUT2D eigenvalue weighted by atomic mass is 10.1. The van der Waals surface area contributed by atoms with Gasteiger partial charge in [0.25, 0.3) is 0 Å². The van der Waals surface area contributed by atoms with E-state index in [1.165, 1.54) is 0 Å². The number of fused-ring (bicyclic) bond motifs is 1. The molecule has 2 heterocycles. The number of aromatic nitrogens is 3. The van der Waals surface area contributed by atoms with Crippen molar-refractivity contribution < 1.29 is 4.52 Å². The molecular weight excluding hydrogens is 178 g/mol. The summed E-state index contributed by atoms with van der Waals surface area (Å²) in [6, 6.07) is 5.83. The van der Waals surface area contributed by atoms with Gasteiger partial charge in [-0.1, -0.05) is 5.16 Å². The molecule has 3 rings (SSSR count). The zero-order valence-corrected chi connectivity index (χ0v) is 7.27. The Kier molecular flexibility index (Phi) is 1.41. The molecule has 0 spiro atoms. The Morgan fingerprint density at radius 3 is 3.14 bits per heavy atom. The maximum absolute atomic E-state index is 5.01. The van der Waals surface area contributed by atoms with Gasteiger partial charge in [0.1, 0.15) is 5.82 Å². The molecule has 0 aliphatic rings. The number of hydrogen-bond acceptors (Lipinski definition) is 3. The van der Waals surface area contributed by atoms with Gasteiger partial charge >= 0.3 is 0 Å². The van der Waals surface area contributed by atoms with Crippen molar-refractivity contribution in [2.75, 3.05) is 0 Å². The fourth-order valence-electron chi connectivity index (χ4n) is 1.44. The summed E-state index contributed by atoms with van der Waals surface area (Å²) in [6.45, 7) is 0. The molecule has 0 fully saturated rings. The third kappa shape index (κ3) is 1.01. The lowest BCUT2D eigenvalue weighted by Gasteiger charge is -1.94. The summed E-state index contributed by atoms with van der Waals surface area (Å²) in [5.41, 5.74) is 1.83. The van der Waals surface area contributed by atoms with Gasteiger partial charge in [-0.3, -0.25) is 0 Å². The van der Waals surface area contributed by atoms with Crippen LogP contribution in [0, 0.1) is 0 Å². The van der Waals surface area contributed by atoms with Crippen LogP contribution >= 0.6 is 0 Å². The highest BCUT2D eigenvalue weighted by atomic mass is 16.5. The summed E-state index contributed by atoms with van der Waals surface area (Å²) in [6.07, 6.45) is 5.22. The van der Waals surface area contributed by atoms with Gasteiger partial charge < -0.3 is 9.51 Å². The highest BCUT2D eigenvalue weighted by Gasteiger charge is 2.03. The second-order valence-corrected chi connectivity index (χ2v) is 3.02. The molecule has 2 aromatic heterocycles. The van der Waals surface area contributed by atoms with Crippen LogP contribution < -0.4 is 0 Å². The Labute approximate surface area is 79.6 Å². The fourth-order valence-corrected chi connectivity index (χ4v) is 1.44. The number of aromatic amines is 1. The summed E-state index contributed by atoms with van der Waals surface area (Å²) in [5.74, 6) is 0.855. The molecule has 0 radical (unpaired) electrons. The Hall–Kier alpha value is -2.10. The number of rotatable bonds is 1. The second-order valence-electron chi connectivity index (χ2n) is 3.02. The SMILES string of the molecule is c1c[nH]c(-c2ccc3oncc3c2)n1. The molecule has 0 bridgehead atoms. The monoisotopic (exact) mass is 185 g/mol. The summed E-state index contributed by atoms with van der Waals surface area (Å²) >= 11 is 0. The molecule has 0 atom stereocenters. The molecule has 4 heteroatoms. The molecular formula is C10H7N3O. The van der Waals surface area contributed by atoms with E-state index < -0.39 is 0 Å². The number of H-pyrrole nitrogens is 1. The van der Waals surface area contributed by atoms with Crippen molar-refractivity contribution in [1.29, 1.82) is 0 Å². The largest absolute Gasteiger partial charge is 0.356 e. The zero-order valence-electron chi connectivity index (χ0n) is 7.27. The average molecular weight is 185 g/mol. The second kappa shape index (κ2) is 2.70. The lowest BCUT2D eigenvalue weighted by molar-refractivity contribution is 0.456. The first-order valence-electron chi connectivity index (χ1n) is 4.28. The molecule has 0 aliphatic heterocycles. The molecule has 1 aromatic carbocycles. The highest BCUT2D eigenvalue weighted by molar-refractivity contribution is 5.81. The predicted octanol–water partition coefficient (Wildman–Crippen LogP) is 2.22. The van der Waals surface area contributed by atoms with E-state index in [1.54, 1.807) is 18.6 Å². The Bertz CT molecular complexity index is 554. The van der Waals surface area contributed by atoms with Crippen LogP contribution in [0.25, 0.3) is 22.4 Å². The van der Waals surface area contributed by atoms with Gasteiger partial charge in [-0.15, -0.1) is 0 Å². The number of benzene rings is 1. The maximum atomic E-state index is 5.01. The topological polar surface area (TPSA) is 54.7 Å². The van der Waals surface area contributed by atoms with E-state index >= 15 is 0 Å². The van der Waals surface area contributed by atoms with Crippen LogP contribution in [0.3, 0.4) is 0 Å². The quantitative estimate of drug-likeness (QED) is 0.632. The van der Waals surface area contributed by atoms with Gasteiger partial charge in [0.2, 0.25) is 0 Å². The predicted molar refractivity (Wildman–Crippen MR) is 51.6 cm³/mol. The van der Waals surface area contributed by atoms with Crippen molar-refractivity contribution in [1.82, 2.24) is 15.1 Å². The van der Waals surface area contributed by atoms with Gasteiger partial charge in [0.15, 0.2) is 5.58 Å². The molecule has 1 N–H and O–H groups in total. The van der Waals surface area contributed by atoms with E-state index in [2.05, 4.69) is 15.1 Å². The highest BCUT2D eigenvalue weighted by Crippen LogP contribution is 2.21. The summed E-state index contributed by atoms with van der Waals surface area (Å²) in [4.78, 5) is 7.22. The molecule has 3 aromatic rings. The Morgan fingerprint density at radius 1 is 1.29 bits per heavy atom. The van der Waals surface area contributed by atoms with Crippen molar-refractivity contribution in [2.45, 2.75) is 0 Å². The first-order chi connectivity index (χ1) is 6.93. The third-order valence-electron chi connectivity index (χ3n) is 2.12. The van der Waals surface area contributed by atoms with Crippen molar-refractivity contribution in [2.24, 2.45) is 0 Å². The average Bonchev–Trinajstić information content (AvgIpc) is 2.88. The van der Waals surface area contributed by atoms with Crippen molar-refractivity contribution in [3.8, 4) is 11.4 Å². The molecule has 0 unspecified atom stereocenters. The smallest absolute Gasteiger partial charge is 0.166 e. The molecule has 14 heavy (non-hydrogen) atoms.